The second kappa shape index (κ2) is 5.43. The first kappa shape index (κ1) is 12.3. The fraction of sp³-hybridized carbons (Fsp3) is 0.357. The van der Waals surface area contributed by atoms with Crippen LogP contribution in [0.25, 0.3) is 0 Å². The van der Waals surface area contributed by atoms with Crippen molar-refractivity contribution in [2.45, 2.75) is 32.2 Å². The van der Waals surface area contributed by atoms with Gasteiger partial charge < -0.3 is 5.73 Å². The molecule has 0 saturated carbocycles. The van der Waals surface area contributed by atoms with Gasteiger partial charge in [-0.05, 0) is 41.1 Å². The van der Waals surface area contributed by atoms with E-state index in [4.69, 9.17) is 5.73 Å². The van der Waals surface area contributed by atoms with Crippen LogP contribution in [0.2, 0.25) is 0 Å². The fourth-order valence-electron chi connectivity index (χ4n) is 2.03. The van der Waals surface area contributed by atoms with Crippen molar-refractivity contribution in [2.75, 3.05) is 0 Å². The van der Waals surface area contributed by atoms with Gasteiger partial charge in [-0.15, -0.1) is 11.3 Å². The van der Waals surface area contributed by atoms with Crippen molar-refractivity contribution in [1.82, 2.24) is 4.98 Å². The molecule has 17 heavy (non-hydrogen) atoms. The topological polar surface area (TPSA) is 38.9 Å². The Hall–Kier alpha value is -1.19. The lowest BCUT2D eigenvalue weighted by Crippen LogP contribution is -2.17. The molecule has 2 rings (SSSR count). The SMILES string of the molecule is CCc1ccsc1C(N)C(C)c1ccncc1. The Labute approximate surface area is 107 Å². The molecule has 0 spiro atoms. The molecular weight excluding hydrogens is 228 g/mol. The molecule has 0 aliphatic rings. The van der Waals surface area contributed by atoms with Gasteiger partial charge in [-0.1, -0.05) is 13.8 Å². The standard InChI is InChI=1S/C14H18N2S/c1-3-11-6-9-17-14(11)13(15)10(2)12-4-7-16-8-5-12/h4-10,13H,3,15H2,1-2H3. The second-order valence-electron chi connectivity index (χ2n) is 4.26. The minimum absolute atomic E-state index is 0.0762. The molecule has 0 saturated heterocycles. The van der Waals surface area contributed by atoms with Crippen LogP contribution < -0.4 is 5.73 Å². The predicted molar refractivity (Wildman–Crippen MR) is 73.3 cm³/mol. The fourth-order valence-corrected chi connectivity index (χ4v) is 3.14. The van der Waals surface area contributed by atoms with Crippen LogP contribution >= 0.6 is 11.3 Å². The Kier molecular flexibility index (Phi) is 3.92. The van der Waals surface area contributed by atoms with Gasteiger partial charge >= 0.3 is 0 Å². The van der Waals surface area contributed by atoms with E-state index < -0.39 is 0 Å². The van der Waals surface area contributed by atoms with Gasteiger partial charge in [0.25, 0.3) is 0 Å². The first-order valence-electron chi connectivity index (χ1n) is 5.95. The number of aromatic nitrogens is 1. The largest absolute Gasteiger partial charge is 0.323 e. The number of thiophene rings is 1. The van der Waals surface area contributed by atoms with Crippen LogP contribution in [-0.2, 0) is 6.42 Å². The van der Waals surface area contributed by atoms with Gasteiger partial charge in [-0.25, -0.2) is 0 Å². The summed E-state index contributed by atoms with van der Waals surface area (Å²) in [7, 11) is 0. The molecule has 0 radical (unpaired) electrons. The third kappa shape index (κ3) is 2.56. The highest BCUT2D eigenvalue weighted by molar-refractivity contribution is 7.10. The first-order chi connectivity index (χ1) is 8.24. The highest BCUT2D eigenvalue weighted by Crippen LogP contribution is 2.33. The molecule has 2 N–H and O–H groups in total. The molecule has 90 valence electrons. The molecule has 0 fully saturated rings. The summed E-state index contributed by atoms with van der Waals surface area (Å²) in [6.45, 7) is 4.36. The summed E-state index contributed by atoms with van der Waals surface area (Å²) in [5, 5.41) is 2.13. The molecule has 3 heteroatoms. The maximum absolute atomic E-state index is 6.38. The Morgan fingerprint density at radius 2 is 2.00 bits per heavy atom. The normalized spacial score (nSPS) is 14.5. The quantitative estimate of drug-likeness (QED) is 0.896. The third-order valence-electron chi connectivity index (χ3n) is 3.23. The summed E-state index contributed by atoms with van der Waals surface area (Å²) in [6, 6.07) is 6.35. The Morgan fingerprint density at radius 1 is 1.29 bits per heavy atom. The summed E-state index contributed by atoms with van der Waals surface area (Å²) in [5.41, 5.74) is 9.01. The molecule has 0 bridgehead atoms. The maximum atomic E-state index is 6.38. The van der Waals surface area contributed by atoms with Crippen LogP contribution in [0, 0.1) is 0 Å². The zero-order chi connectivity index (χ0) is 12.3. The number of hydrogen-bond donors (Lipinski definition) is 1. The molecule has 2 heterocycles. The zero-order valence-corrected chi connectivity index (χ0v) is 11.1. The average Bonchev–Trinajstić information content (AvgIpc) is 2.86. The lowest BCUT2D eigenvalue weighted by molar-refractivity contribution is 0.602. The van der Waals surface area contributed by atoms with E-state index in [0.29, 0.717) is 5.92 Å². The molecule has 2 aromatic rings. The zero-order valence-electron chi connectivity index (χ0n) is 10.3. The molecule has 2 unspecified atom stereocenters. The van der Waals surface area contributed by atoms with Gasteiger partial charge in [0.15, 0.2) is 0 Å². The van der Waals surface area contributed by atoms with Crippen LogP contribution in [0.1, 0.15) is 41.8 Å². The summed E-state index contributed by atoms with van der Waals surface area (Å²) in [4.78, 5) is 5.36. The van der Waals surface area contributed by atoms with Crippen molar-refractivity contribution in [3.63, 3.8) is 0 Å². The number of aryl methyl sites for hydroxylation is 1. The second-order valence-corrected chi connectivity index (χ2v) is 5.21. The van der Waals surface area contributed by atoms with E-state index in [-0.39, 0.29) is 6.04 Å². The summed E-state index contributed by atoms with van der Waals surface area (Å²) in [6.07, 6.45) is 4.71. The number of rotatable bonds is 4. The van der Waals surface area contributed by atoms with E-state index in [1.165, 1.54) is 16.0 Å². The van der Waals surface area contributed by atoms with Crippen molar-refractivity contribution in [1.29, 1.82) is 0 Å². The molecular formula is C14H18N2S. The lowest BCUT2D eigenvalue weighted by atomic mass is 9.92. The lowest BCUT2D eigenvalue weighted by Gasteiger charge is -2.20. The Morgan fingerprint density at radius 3 is 2.65 bits per heavy atom. The van der Waals surface area contributed by atoms with Crippen molar-refractivity contribution < 1.29 is 0 Å². The minimum Gasteiger partial charge on any atom is -0.323 e. The minimum atomic E-state index is 0.0762. The monoisotopic (exact) mass is 246 g/mol. The number of nitrogens with two attached hydrogens (primary N) is 1. The van der Waals surface area contributed by atoms with Gasteiger partial charge in [0.05, 0.1) is 0 Å². The van der Waals surface area contributed by atoms with Crippen LogP contribution in [0.3, 0.4) is 0 Å². The number of nitrogens with zero attached hydrogens (tertiary/aromatic N) is 1. The van der Waals surface area contributed by atoms with Crippen LogP contribution in [-0.4, -0.2) is 4.98 Å². The summed E-state index contributed by atoms with van der Waals surface area (Å²) < 4.78 is 0. The first-order valence-corrected chi connectivity index (χ1v) is 6.83. The average molecular weight is 246 g/mol. The van der Waals surface area contributed by atoms with Crippen molar-refractivity contribution >= 4 is 11.3 Å². The van der Waals surface area contributed by atoms with Gasteiger partial charge in [-0.2, -0.15) is 0 Å². The van der Waals surface area contributed by atoms with E-state index in [9.17, 15) is 0 Å². The van der Waals surface area contributed by atoms with Crippen LogP contribution in [0.15, 0.2) is 36.0 Å². The smallest absolute Gasteiger partial charge is 0.0459 e. The molecule has 2 nitrogen and oxygen atoms in total. The van der Waals surface area contributed by atoms with E-state index in [1.807, 2.05) is 24.5 Å². The molecule has 0 amide bonds. The van der Waals surface area contributed by atoms with E-state index in [1.54, 1.807) is 11.3 Å². The molecule has 0 aliphatic heterocycles. The van der Waals surface area contributed by atoms with Crippen molar-refractivity contribution in [3.8, 4) is 0 Å². The van der Waals surface area contributed by atoms with Crippen LogP contribution in [0.5, 0.6) is 0 Å². The predicted octanol–water partition coefficient (Wildman–Crippen LogP) is 3.51. The summed E-state index contributed by atoms with van der Waals surface area (Å²) in [5.74, 6) is 0.321. The Balaban J connectivity index is 2.23. The van der Waals surface area contributed by atoms with Gasteiger partial charge in [0.2, 0.25) is 0 Å². The molecule has 2 atom stereocenters. The summed E-state index contributed by atoms with van der Waals surface area (Å²) >= 11 is 1.76. The van der Waals surface area contributed by atoms with E-state index in [0.717, 1.165) is 6.42 Å². The third-order valence-corrected chi connectivity index (χ3v) is 4.30. The number of pyridine rings is 1. The van der Waals surface area contributed by atoms with E-state index in [2.05, 4.69) is 30.3 Å². The van der Waals surface area contributed by atoms with Gasteiger partial charge in [-0.3, -0.25) is 4.98 Å². The maximum Gasteiger partial charge on any atom is 0.0459 e. The molecule has 2 aromatic heterocycles. The molecule has 0 aromatic carbocycles. The van der Waals surface area contributed by atoms with Gasteiger partial charge in [0, 0.05) is 29.2 Å². The van der Waals surface area contributed by atoms with Crippen molar-refractivity contribution in [2.24, 2.45) is 5.73 Å². The van der Waals surface area contributed by atoms with Gasteiger partial charge in [0.1, 0.15) is 0 Å². The van der Waals surface area contributed by atoms with Crippen LogP contribution in [0.4, 0.5) is 0 Å². The highest BCUT2D eigenvalue weighted by atomic mass is 32.1. The molecule has 0 aliphatic carbocycles. The Bertz CT molecular complexity index is 464. The van der Waals surface area contributed by atoms with E-state index >= 15 is 0 Å². The highest BCUT2D eigenvalue weighted by Gasteiger charge is 2.19. The number of hydrogen-bond acceptors (Lipinski definition) is 3. The van der Waals surface area contributed by atoms with Crippen molar-refractivity contribution in [3.05, 3.63) is 52.0 Å².